The van der Waals surface area contributed by atoms with E-state index in [9.17, 15) is 4.79 Å². The smallest absolute Gasteiger partial charge is 0.271 e. The van der Waals surface area contributed by atoms with Crippen LogP contribution in [0.1, 0.15) is 29.8 Å². The second-order valence-corrected chi connectivity index (χ2v) is 4.67. The van der Waals surface area contributed by atoms with Crippen LogP contribution in [-0.2, 0) is 0 Å². The van der Waals surface area contributed by atoms with Crippen LogP contribution in [0.15, 0.2) is 12.4 Å². The van der Waals surface area contributed by atoms with Gasteiger partial charge in [-0.3, -0.25) is 4.79 Å². The first-order chi connectivity index (χ1) is 8.66. The minimum absolute atomic E-state index is 0.193. The first-order valence-corrected chi connectivity index (χ1v) is 6.23. The van der Waals surface area contributed by atoms with E-state index in [1.54, 1.807) is 0 Å². The Hall–Kier alpha value is -1.69. The van der Waals surface area contributed by atoms with E-state index in [0.717, 1.165) is 13.0 Å². The number of likely N-dealkylation sites (N-methyl/N-ethyl adjacent to an activating group) is 1. The van der Waals surface area contributed by atoms with E-state index < -0.39 is 0 Å². The Morgan fingerprint density at radius 1 is 1.50 bits per heavy atom. The molecule has 2 heterocycles. The van der Waals surface area contributed by atoms with Gasteiger partial charge in [-0.15, -0.1) is 0 Å². The molecule has 1 aromatic heterocycles. The third kappa shape index (κ3) is 3.16. The van der Waals surface area contributed by atoms with Crippen molar-refractivity contribution in [2.24, 2.45) is 0 Å². The molecule has 18 heavy (non-hydrogen) atoms. The van der Waals surface area contributed by atoms with Crippen LogP contribution >= 0.6 is 0 Å². The zero-order valence-corrected chi connectivity index (χ0v) is 10.6. The number of anilines is 1. The molecule has 0 bridgehead atoms. The Labute approximate surface area is 107 Å². The molecule has 98 valence electrons. The topological polar surface area (TPSA) is 84.1 Å². The zero-order chi connectivity index (χ0) is 13.0. The van der Waals surface area contributed by atoms with Gasteiger partial charge in [-0.2, -0.15) is 0 Å². The van der Waals surface area contributed by atoms with Gasteiger partial charge in [0.05, 0.1) is 12.4 Å². The fraction of sp³-hybridized carbons (Fsp3) is 0.583. The highest BCUT2D eigenvalue weighted by molar-refractivity contribution is 5.91. The maximum absolute atomic E-state index is 11.8. The van der Waals surface area contributed by atoms with Crippen LogP contribution in [0.4, 0.5) is 5.82 Å². The van der Waals surface area contributed by atoms with Gasteiger partial charge in [-0.1, -0.05) is 6.42 Å². The van der Waals surface area contributed by atoms with Crippen molar-refractivity contribution in [3.8, 4) is 0 Å². The van der Waals surface area contributed by atoms with Crippen LogP contribution in [0.25, 0.3) is 0 Å². The third-order valence-electron chi connectivity index (χ3n) is 3.32. The number of rotatable bonds is 3. The number of aromatic nitrogens is 2. The first-order valence-electron chi connectivity index (χ1n) is 6.23. The number of carbonyl (C=O) groups excluding carboxylic acids is 1. The number of hydrogen-bond acceptors (Lipinski definition) is 5. The number of hydrogen-bond donors (Lipinski definition) is 2. The molecule has 6 nitrogen and oxygen atoms in total. The summed E-state index contributed by atoms with van der Waals surface area (Å²) in [7, 11) is 2.10. The molecule has 6 heteroatoms. The summed E-state index contributed by atoms with van der Waals surface area (Å²) in [6.07, 6.45) is 6.39. The molecule has 1 aromatic rings. The Bertz CT molecular complexity index is 405. The van der Waals surface area contributed by atoms with Gasteiger partial charge in [-0.25, -0.2) is 9.97 Å². The van der Waals surface area contributed by atoms with Crippen LogP contribution in [-0.4, -0.2) is 47.0 Å². The van der Waals surface area contributed by atoms with E-state index in [2.05, 4.69) is 27.2 Å². The highest BCUT2D eigenvalue weighted by Crippen LogP contribution is 2.14. The second kappa shape index (κ2) is 5.77. The highest BCUT2D eigenvalue weighted by atomic mass is 16.1. The van der Waals surface area contributed by atoms with Crippen molar-refractivity contribution in [1.82, 2.24) is 20.2 Å². The lowest BCUT2D eigenvalue weighted by Gasteiger charge is -2.32. The van der Waals surface area contributed by atoms with Gasteiger partial charge in [0.1, 0.15) is 11.5 Å². The molecule has 1 unspecified atom stereocenters. The summed E-state index contributed by atoms with van der Waals surface area (Å²) in [5.74, 6) is 0.125. The predicted molar refractivity (Wildman–Crippen MR) is 69.0 cm³/mol. The van der Waals surface area contributed by atoms with Crippen molar-refractivity contribution in [3.05, 3.63) is 18.1 Å². The van der Waals surface area contributed by atoms with Gasteiger partial charge in [0, 0.05) is 12.6 Å². The fourth-order valence-electron chi connectivity index (χ4n) is 2.16. The zero-order valence-electron chi connectivity index (χ0n) is 10.6. The molecule has 1 fully saturated rings. The molecule has 3 N–H and O–H groups in total. The summed E-state index contributed by atoms with van der Waals surface area (Å²) >= 11 is 0. The summed E-state index contributed by atoms with van der Waals surface area (Å²) in [4.78, 5) is 21.9. The summed E-state index contributed by atoms with van der Waals surface area (Å²) < 4.78 is 0. The van der Waals surface area contributed by atoms with Gasteiger partial charge < -0.3 is 16.0 Å². The molecule has 0 saturated carbocycles. The van der Waals surface area contributed by atoms with Gasteiger partial charge in [0.25, 0.3) is 5.91 Å². The molecule has 0 radical (unpaired) electrons. The van der Waals surface area contributed by atoms with Crippen LogP contribution in [0.5, 0.6) is 0 Å². The Morgan fingerprint density at radius 2 is 2.33 bits per heavy atom. The van der Waals surface area contributed by atoms with E-state index in [4.69, 9.17) is 5.73 Å². The van der Waals surface area contributed by atoms with Gasteiger partial charge >= 0.3 is 0 Å². The Balaban J connectivity index is 1.86. The van der Waals surface area contributed by atoms with E-state index in [0.29, 0.717) is 24.1 Å². The number of nitrogens with one attached hydrogen (secondary N) is 1. The molecule has 1 aliphatic heterocycles. The van der Waals surface area contributed by atoms with Crippen molar-refractivity contribution in [1.29, 1.82) is 0 Å². The molecule has 0 spiro atoms. The lowest BCUT2D eigenvalue weighted by atomic mass is 10.0. The fourth-order valence-corrected chi connectivity index (χ4v) is 2.16. The molecule has 2 rings (SSSR count). The average Bonchev–Trinajstić information content (AvgIpc) is 2.38. The van der Waals surface area contributed by atoms with Crippen LogP contribution in [0.3, 0.4) is 0 Å². The standard InChI is InChI=1S/C12H19N5O/c1-17-5-3-2-4-9(17)6-16-12(18)10-7-15-11(13)8-14-10/h7-9H,2-6H2,1H3,(H2,13,15)(H,16,18). The van der Waals surface area contributed by atoms with Crippen LogP contribution in [0, 0.1) is 0 Å². The van der Waals surface area contributed by atoms with Crippen molar-refractivity contribution < 1.29 is 4.79 Å². The summed E-state index contributed by atoms with van der Waals surface area (Å²) in [5.41, 5.74) is 5.73. The van der Waals surface area contributed by atoms with Crippen LogP contribution < -0.4 is 11.1 Å². The second-order valence-electron chi connectivity index (χ2n) is 4.67. The predicted octanol–water partition coefficient (Wildman–Crippen LogP) is 0.273. The van der Waals surface area contributed by atoms with Gasteiger partial charge in [0.15, 0.2) is 0 Å². The Morgan fingerprint density at radius 3 is 3.00 bits per heavy atom. The third-order valence-corrected chi connectivity index (χ3v) is 3.32. The van der Waals surface area contributed by atoms with E-state index in [1.165, 1.54) is 25.2 Å². The van der Waals surface area contributed by atoms with Gasteiger partial charge in [0.2, 0.25) is 0 Å². The summed E-state index contributed by atoms with van der Waals surface area (Å²) in [5, 5.41) is 2.89. The van der Waals surface area contributed by atoms with Gasteiger partial charge in [-0.05, 0) is 26.4 Å². The molecule has 0 aromatic carbocycles. The van der Waals surface area contributed by atoms with Crippen molar-refractivity contribution in [2.75, 3.05) is 25.9 Å². The molecular weight excluding hydrogens is 230 g/mol. The lowest BCUT2D eigenvalue weighted by Crippen LogP contribution is -2.44. The number of nitrogens with two attached hydrogens (primary N) is 1. The summed E-state index contributed by atoms with van der Waals surface area (Å²) in [6, 6.07) is 0.421. The number of amides is 1. The SMILES string of the molecule is CN1CCCCC1CNC(=O)c1cnc(N)cn1. The van der Waals surface area contributed by atoms with E-state index in [1.807, 2.05) is 0 Å². The number of carbonyl (C=O) groups is 1. The first kappa shape index (κ1) is 12.8. The summed E-state index contributed by atoms with van der Waals surface area (Å²) in [6.45, 7) is 1.75. The average molecular weight is 249 g/mol. The van der Waals surface area contributed by atoms with Crippen molar-refractivity contribution >= 4 is 11.7 Å². The maximum Gasteiger partial charge on any atom is 0.271 e. The molecule has 1 atom stereocenters. The van der Waals surface area contributed by atoms with E-state index >= 15 is 0 Å². The number of piperidine rings is 1. The molecular formula is C12H19N5O. The molecule has 0 aliphatic carbocycles. The largest absolute Gasteiger partial charge is 0.382 e. The lowest BCUT2D eigenvalue weighted by molar-refractivity contribution is 0.0923. The quantitative estimate of drug-likeness (QED) is 0.803. The minimum Gasteiger partial charge on any atom is -0.382 e. The minimum atomic E-state index is -0.193. The molecule has 1 amide bonds. The molecule has 1 aliphatic rings. The highest BCUT2D eigenvalue weighted by Gasteiger charge is 2.19. The van der Waals surface area contributed by atoms with E-state index in [-0.39, 0.29) is 5.91 Å². The number of nitrogen functional groups attached to an aromatic ring is 1. The molecule has 1 saturated heterocycles. The Kier molecular flexibility index (Phi) is 4.09. The van der Waals surface area contributed by atoms with Crippen molar-refractivity contribution in [3.63, 3.8) is 0 Å². The van der Waals surface area contributed by atoms with Crippen molar-refractivity contribution in [2.45, 2.75) is 25.3 Å². The monoisotopic (exact) mass is 249 g/mol. The van der Waals surface area contributed by atoms with Crippen LogP contribution in [0.2, 0.25) is 0 Å². The normalized spacial score (nSPS) is 20.6. The number of likely N-dealkylation sites (tertiary alicyclic amines) is 1. The maximum atomic E-state index is 11.8. The number of nitrogens with zero attached hydrogens (tertiary/aromatic N) is 3.